The third kappa shape index (κ3) is 7.75. The number of carboxylic acids is 1. The predicted molar refractivity (Wildman–Crippen MR) is 124 cm³/mol. The topological polar surface area (TPSA) is 131 Å². The van der Waals surface area contributed by atoms with Gasteiger partial charge in [0.2, 0.25) is 11.9 Å². The SMILES string of the molecule is C#Cc1cnc(N2CCN(c3ncc(C(=O)CCCOCCOCCC(=O)O)cn3)CC2)nc1. The van der Waals surface area contributed by atoms with Crippen LogP contribution in [0.1, 0.15) is 35.2 Å². The Morgan fingerprint density at radius 1 is 0.853 bits per heavy atom. The Morgan fingerprint density at radius 3 is 1.91 bits per heavy atom. The molecule has 1 fully saturated rings. The van der Waals surface area contributed by atoms with Crippen molar-refractivity contribution in [1.29, 1.82) is 0 Å². The Morgan fingerprint density at radius 2 is 1.38 bits per heavy atom. The van der Waals surface area contributed by atoms with Crippen LogP contribution in [0.15, 0.2) is 24.8 Å². The van der Waals surface area contributed by atoms with Gasteiger partial charge in [-0.25, -0.2) is 19.9 Å². The molecule has 0 bridgehead atoms. The molecular formula is C23H28N6O5. The van der Waals surface area contributed by atoms with Gasteiger partial charge in [-0.15, -0.1) is 6.42 Å². The van der Waals surface area contributed by atoms with Crippen LogP contribution in [0.3, 0.4) is 0 Å². The number of anilines is 2. The summed E-state index contributed by atoms with van der Waals surface area (Å²) in [6.45, 7) is 4.16. The van der Waals surface area contributed by atoms with E-state index in [9.17, 15) is 9.59 Å². The highest BCUT2D eigenvalue weighted by atomic mass is 16.5. The van der Waals surface area contributed by atoms with Crippen molar-refractivity contribution < 1.29 is 24.2 Å². The molecule has 0 radical (unpaired) electrons. The number of carbonyl (C=O) groups excluding carboxylic acids is 1. The highest BCUT2D eigenvalue weighted by molar-refractivity contribution is 5.95. The van der Waals surface area contributed by atoms with Gasteiger partial charge in [0.05, 0.1) is 37.4 Å². The summed E-state index contributed by atoms with van der Waals surface area (Å²) >= 11 is 0. The molecular weight excluding hydrogens is 440 g/mol. The number of rotatable bonds is 13. The second-order valence-corrected chi connectivity index (χ2v) is 7.56. The van der Waals surface area contributed by atoms with Gasteiger partial charge in [-0.05, 0) is 6.42 Å². The van der Waals surface area contributed by atoms with Crippen LogP contribution in [0.5, 0.6) is 0 Å². The molecule has 1 aliphatic heterocycles. The van der Waals surface area contributed by atoms with Crippen molar-refractivity contribution in [1.82, 2.24) is 19.9 Å². The Labute approximate surface area is 198 Å². The third-order valence-corrected chi connectivity index (χ3v) is 5.14. The smallest absolute Gasteiger partial charge is 0.305 e. The van der Waals surface area contributed by atoms with E-state index >= 15 is 0 Å². The van der Waals surface area contributed by atoms with Gasteiger partial charge in [0, 0.05) is 64.0 Å². The number of aliphatic carboxylic acids is 1. The zero-order valence-corrected chi connectivity index (χ0v) is 18.9. The van der Waals surface area contributed by atoms with Crippen LogP contribution in [0.4, 0.5) is 11.9 Å². The van der Waals surface area contributed by atoms with E-state index in [1.54, 1.807) is 24.8 Å². The molecule has 2 aromatic heterocycles. The van der Waals surface area contributed by atoms with Gasteiger partial charge in [0.15, 0.2) is 5.78 Å². The van der Waals surface area contributed by atoms with E-state index in [1.165, 1.54) is 0 Å². The summed E-state index contributed by atoms with van der Waals surface area (Å²) in [5, 5.41) is 8.51. The summed E-state index contributed by atoms with van der Waals surface area (Å²) in [6, 6.07) is 0. The molecule has 3 heterocycles. The fourth-order valence-corrected chi connectivity index (χ4v) is 3.25. The first-order chi connectivity index (χ1) is 16.6. The molecule has 0 aliphatic carbocycles. The molecule has 0 aromatic carbocycles. The van der Waals surface area contributed by atoms with Gasteiger partial charge in [-0.1, -0.05) is 5.92 Å². The van der Waals surface area contributed by atoms with Crippen molar-refractivity contribution in [3.05, 3.63) is 35.9 Å². The average Bonchev–Trinajstić information content (AvgIpc) is 2.87. The van der Waals surface area contributed by atoms with Crippen molar-refractivity contribution >= 4 is 23.6 Å². The van der Waals surface area contributed by atoms with E-state index in [0.717, 1.165) is 13.1 Å². The first kappa shape index (κ1) is 25.0. The molecule has 1 saturated heterocycles. The maximum absolute atomic E-state index is 12.4. The lowest BCUT2D eigenvalue weighted by atomic mass is 10.1. The molecule has 0 atom stereocenters. The number of ketones is 1. The zero-order chi connectivity index (χ0) is 24.2. The van der Waals surface area contributed by atoms with Crippen LogP contribution in [-0.2, 0) is 14.3 Å². The molecule has 1 N–H and O–H groups in total. The van der Waals surface area contributed by atoms with Crippen LogP contribution in [0.25, 0.3) is 0 Å². The summed E-state index contributed by atoms with van der Waals surface area (Å²) in [5.74, 6) is 2.82. The summed E-state index contributed by atoms with van der Waals surface area (Å²) in [7, 11) is 0. The van der Waals surface area contributed by atoms with Crippen molar-refractivity contribution in [2.45, 2.75) is 19.3 Å². The van der Waals surface area contributed by atoms with E-state index < -0.39 is 5.97 Å². The number of piperazine rings is 1. The van der Waals surface area contributed by atoms with Gasteiger partial charge in [0.25, 0.3) is 0 Å². The van der Waals surface area contributed by atoms with Crippen LogP contribution in [-0.4, -0.2) is 89.4 Å². The van der Waals surface area contributed by atoms with Crippen molar-refractivity contribution in [3.8, 4) is 12.3 Å². The molecule has 0 saturated carbocycles. The first-order valence-electron chi connectivity index (χ1n) is 11.1. The van der Waals surface area contributed by atoms with Gasteiger partial charge in [-0.2, -0.15) is 0 Å². The molecule has 0 amide bonds. The molecule has 0 unspecified atom stereocenters. The van der Waals surface area contributed by atoms with E-state index in [1.807, 2.05) is 0 Å². The number of hydrogen-bond acceptors (Lipinski definition) is 10. The number of Topliss-reactive ketones (excluding diaryl/α,β-unsaturated/α-hetero) is 1. The molecule has 3 rings (SSSR count). The zero-order valence-electron chi connectivity index (χ0n) is 18.9. The second-order valence-electron chi connectivity index (χ2n) is 7.56. The summed E-state index contributed by atoms with van der Waals surface area (Å²) in [5.41, 5.74) is 1.12. The van der Waals surface area contributed by atoms with Gasteiger partial charge < -0.3 is 24.4 Å². The predicted octanol–water partition coefficient (Wildman–Crippen LogP) is 1.05. The molecule has 34 heavy (non-hydrogen) atoms. The molecule has 2 aromatic rings. The Balaban J connectivity index is 1.34. The highest BCUT2D eigenvalue weighted by Crippen LogP contribution is 2.15. The standard InChI is InChI=1S/C23H28N6O5/c1-2-18-14-24-22(25-15-18)28-6-8-29(9-7-28)23-26-16-19(17-27-23)20(30)4-3-10-33-12-13-34-11-5-21(31)32/h1,14-17H,3-13H2,(H,31,32). The minimum Gasteiger partial charge on any atom is -0.481 e. The molecule has 11 nitrogen and oxygen atoms in total. The van der Waals surface area contributed by atoms with Gasteiger partial charge >= 0.3 is 5.97 Å². The fraction of sp³-hybridized carbons (Fsp3) is 0.478. The Bertz CT molecular complexity index is 969. The minimum atomic E-state index is -0.891. The average molecular weight is 469 g/mol. The largest absolute Gasteiger partial charge is 0.481 e. The lowest BCUT2D eigenvalue weighted by Crippen LogP contribution is -2.47. The van der Waals surface area contributed by atoms with Crippen molar-refractivity contribution in [2.24, 2.45) is 0 Å². The van der Waals surface area contributed by atoms with Crippen LogP contribution >= 0.6 is 0 Å². The number of hydrogen-bond donors (Lipinski definition) is 1. The van der Waals surface area contributed by atoms with Crippen molar-refractivity contribution in [2.75, 3.05) is 62.4 Å². The number of aromatic nitrogens is 4. The van der Waals surface area contributed by atoms with E-state index in [4.69, 9.17) is 21.0 Å². The van der Waals surface area contributed by atoms with E-state index in [0.29, 0.717) is 68.8 Å². The first-order valence-corrected chi connectivity index (χ1v) is 11.1. The lowest BCUT2D eigenvalue weighted by molar-refractivity contribution is -0.138. The van der Waals surface area contributed by atoms with Gasteiger partial charge in [0.1, 0.15) is 0 Å². The molecule has 180 valence electrons. The second kappa shape index (κ2) is 13.2. The summed E-state index contributed by atoms with van der Waals surface area (Å²) in [4.78, 5) is 44.2. The van der Waals surface area contributed by atoms with E-state index in [-0.39, 0.29) is 18.8 Å². The fourth-order valence-electron chi connectivity index (χ4n) is 3.25. The molecule has 1 aliphatic rings. The van der Waals surface area contributed by atoms with E-state index in [2.05, 4.69) is 35.7 Å². The van der Waals surface area contributed by atoms with Crippen molar-refractivity contribution in [3.63, 3.8) is 0 Å². The number of carbonyl (C=O) groups is 2. The summed E-state index contributed by atoms with van der Waals surface area (Å²) < 4.78 is 10.5. The maximum Gasteiger partial charge on any atom is 0.305 e. The van der Waals surface area contributed by atoms with Crippen LogP contribution in [0, 0.1) is 12.3 Å². The summed E-state index contributed by atoms with van der Waals surface area (Å²) in [6.07, 6.45) is 12.6. The third-order valence-electron chi connectivity index (χ3n) is 5.14. The van der Waals surface area contributed by atoms with Crippen LogP contribution < -0.4 is 9.80 Å². The number of nitrogens with zero attached hydrogens (tertiary/aromatic N) is 6. The number of carboxylic acid groups (broad SMARTS) is 1. The number of terminal acetylenes is 1. The monoisotopic (exact) mass is 468 g/mol. The Kier molecular flexibility index (Phi) is 9.69. The quantitative estimate of drug-likeness (QED) is 0.257. The minimum absolute atomic E-state index is 0.0252. The Hall–Kier alpha value is -3.62. The lowest BCUT2D eigenvalue weighted by Gasteiger charge is -2.34. The van der Waals surface area contributed by atoms with Crippen LogP contribution in [0.2, 0.25) is 0 Å². The highest BCUT2D eigenvalue weighted by Gasteiger charge is 2.21. The normalized spacial score (nSPS) is 13.5. The maximum atomic E-state index is 12.4. The number of ether oxygens (including phenoxy) is 2. The van der Waals surface area contributed by atoms with Gasteiger partial charge in [-0.3, -0.25) is 9.59 Å². The molecule has 0 spiro atoms. The molecule has 11 heteroatoms.